The first kappa shape index (κ1) is 12.3. The molecule has 0 spiro atoms. The SMILES string of the molecule is CCNCc1nc(N(C)CC)ccc1Cl. The van der Waals surface area contributed by atoms with Gasteiger partial charge in [-0.25, -0.2) is 4.98 Å². The molecule has 15 heavy (non-hydrogen) atoms. The van der Waals surface area contributed by atoms with Crippen LogP contribution in [0.1, 0.15) is 19.5 Å². The van der Waals surface area contributed by atoms with Crippen LogP contribution in [0.25, 0.3) is 0 Å². The van der Waals surface area contributed by atoms with E-state index in [0.717, 1.165) is 36.2 Å². The van der Waals surface area contributed by atoms with Gasteiger partial charge in [-0.15, -0.1) is 0 Å². The van der Waals surface area contributed by atoms with Crippen LogP contribution < -0.4 is 10.2 Å². The molecule has 1 rings (SSSR count). The number of nitrogens with zero attached hydrogens (tertiary/aromatic N) is 2. The summed E-state index contributed by atoms with van der Waals surface area (Å²) in [6.07, 6.45) is 0. The summed E-state index contributed by atoms with van der Waals surface area (Å²) >= 11 is 6.06. The topological polar surface area (TPSA) is 28.2 Å². The Morgan fingerprint density at radius 2 is 2.13 bits per heavy atom. The second-order valence-electron chi connectivity index (χ2n) is 3.39. The number of halogens is 1. The van der Waals surface area contributed by atoms with Gasteiger partial charge in [-0.05, 0) is 25.6 Å². The van der Waals surface area contributed by atoms with Gasteiger partial charge in [0.2, 0.25) is 0 Å². The first-order valence-electron chi connectivity index (χ1n) is 5.26. The largest absolute Gasteiger partial charge is 0.360 e. The van der Waals surface area contributed by atoms with Crippen LogP contribution in [0.2, 0.25) is 5.02 Å². The predicted octanol–water partition coefficient (Wildman–Crippen LogP) is 2.30. The van der Waals surface area contributed by atoms with Crippen LogP contribution in [0.5, 0.6) is 0 Å². The van der Waals surface area contributed by atoms with E-state index in [0.29, 0.717) is 0 Å². The van der Waals surface area contributed by atoms with Gasteiger partial charge in [0, 0.05) is 20.1 Å². The summed E-state index contributed by atoms with van der Waals surface area (Å²) in [6.45, 7) is 6.75. The Morgan fingerprint density at radius 3 is 2.73 bits per heavy atom. The molecule has 0 fully saturated rings. The summed E-state index contributed by atoms with van der Waals surface area (Å²) in [5, 5.41) is 3.95. The molecule has 0 aliphatic rings. The highest BCUT2D eigenvalue weighted by molar-refractivity contribution is 6.31. The van der Waals surface area contributed by atoms with E-state index in [9.17, 15) is 0 Å². The minimum Gasteiger partial charge on any atom is -0.360 e. The number of hydrogen-bond acceptors (Lipinski definition) is 3. The van der Waals surface area contributed by atoms with E-state index in [1.807, 2.05) is 19.2 Å². The summed E-state index contributed by atoms with van der Waals surface area (Å²) in [5.74, 6) is 0.967. The van der Waals surface area contributed by atoms with E-state index in [1.54, 1.807) is 0 Å². The highest BCUT2D eigenvalue weighted by Gasteiger charge is 2.05. The molecule has 84 valence electrons. The monoisotopic (exact) mass is 227 g/mol. The smallest absolute Gasteiger partial charge is 0.128 e. The predicted molar refractivity (Wildman–Crippen MR) is 65.6 cm³/mol. The molecule has 4 heteroatoms. The minimum absolute atomic E-state index is 0.723. The van der Waals surface area contributed by atoms with Crippen molar-refractivity contribution < 1.29 is 0 Å². The number of nitrogens with one attached hydrogen (secondary N) is 1. The Kier molecular flexibility index (Phi) is 4.85. The molecule has 0 aromatic carbocycles. The van der Waals surface area contributed by atoms with Crippen LogP contribution in [-0.2, 0) is 6.54 Å². The van der Waals surface area contributed by atoms with Gasteiger partial charge in [0.15, 0.2) is 0 Å². The number of rotatable bonds is 5. The molecular weight excluding hydrogens is 210 g/mol. The standard InChI is InChI=1S/C11H18ClN3/c1-4-13-8-10-9(12)6-7-11(14-10)15(3)5-2/h6-7,13H,4-5,8H2,1-3H3. The van der Waals surface area contributed by atoms with Crippen molar-refractivity contribution in [2.75, 3.05) is 25.0 Å². The van der Waals surface area contributed by atoms with Gasteiger partial charge in [0.1, 0.15) is 5.82 Å². The number of pyridine rings is 1. The molecule has 0 saturated carbocycles. The second kappa shape index (κ2) is 5.93. The second-order valence-corrected chi connectivity index (χ2v) is 3.80. The lowest BCUT2D eigenvalue weighted by atomic mass is 10.3. The highest BCUT2D eigenvalue weighted by atomic mass is 35.5. The van der Waals surface area contributed by atoms with Gasteiger partial charge >= 0.3 is 0 Å². The van der Waals surface area contributed by atoms with E-state index in [2.05, 4.69) is 29.0 Å². The average Bonchev–Trinajstić information content (AvgIpc) is 2.27. The van der Waals surface area contributed by atoms with Crippen LogP contribution in [0.4, 0.5) is 5.82 Å². The van der Waals surface area contributed by atoms with E-state index >= 15 is 0 Å². The van der Waals surface area contributed by atoms with Gasteiger partial charge in [-0.2, -0.15) is 0 Å². The number of anilines is 1. The Bertz CT molecular complexity index is 315. The van der Waals surface area contributed by atoms with Crippen LogP contribution in [0, 0.1) is 0 Å². The molecule has 0 atom stereocenters. The normalized spacial score (nSPS) is 10.4. The molecule has 1 aromatic rings. The zero-order valence-electron chi connectivity index (χ0n) is 9.55. The van der Waals surface area contributed by atoms with Crippen LogP contribution in [-0.4, -0.2) is 25.1 Å². The van der Waals surface area contributed by atoms with Gasteiger partial charge < -0.3 is 10.2 Å². The molecule has 0 aliphatic heterocycles. The third-order valence-electron chi connectivity index (χ3n) is 2.31. The third-order valence-corrected chi connectivity index (χ3v) is 2.66. The molecule has 1 N–H and O–H groups in total. The third kappa shape index (κ3) is 3.36. The Balaban J connectivity index is 2.84. The van der Waals surface area contributed by atoms with Crippen molar-refractivity contribution in [3.8, 4) is 0 Å². The van der Waals surface area contributed by atoms with E-state index in [4.69, 9.17) is 11.6 Å². The minimum atomic E-state index is 0.723. The lowest BCUT2D eigenvalue weighted by Gasteiger charge is -2.16. The van der Waals surface area contributed by atoms with Crippen molar-refractivity contribution in [1.82, 2.24) is 10.3 Å². The Labute approximate surface area is 96.5 Å². The van der Waals surface area contributed by atoms with Crippen molar-refractivity contribution in [1.29, 1.82) is 0 Å². The van der Waals surface area contributed by atoms with Crippen LogP contribution in [0.15, 0.2) is 12.1 Å². The van der Waals surface area contributed by atoms with Crippen molar-refractivity contribution >= 4 is 17.4 Å². The maximum absolute atomic E-state index is 6.06. The average molecular weight is 228 g/mol. The van der Waals surface area contributed by atoms with E-state index in [1.165, 1.54) is 0 Å². The van der Waals surface area contributed by atoms with E-state index in [-0.39, 0.29) is 0 Å². The van der Waals surface area contributed by atoms with Gasteiger partial charge in [-0.1, -0.05) is 18.5 Å². The number of aromatic nitrogens is 1. The fraction of sp³-hybridized carbons (Fsp3) is 0.545. The van der Waals surface area contributed by atoms with Crippen LogP contribution >= 0.6 is 11.6 Å². The van der Waals surface area contributed by atoms with Crippen molar-refractivity contribution in [2.45, 2.75) is 20.4 Å². The Hall–Kier alpha value is -0.800. The maximum Gasteiger partial charge on any atom is 0.128 e. The van der Waals surface area contributed by atoms with Crippen LogP contribution in [0.3, 0.4) is 0 Å². The zero-order valence-corrected chi connectivity index (χ0v) is 10.3. The first-order valence-corrected chi connectivity index (χ1v) is 5.64. The van der Waals surface area contributed by atoms with Gasteiger partial charge in [-0.3, -0.25) is 0 Å². The molecular formula is C11H18ClN3. The fourth-order valence-corrected chi connectivity index (χ4v) is 1.39. The molecule has 0 saturated heterocycles. The molecule has 0 bridgehead atoms. The lowest BCUT2D eigenvalue weighted by Crippen LogP contribution is -2.19. The molecule has 1 heterocycles. The van der Waals surface area contributed by atoms with Crippen molar-refractivity contribution in [3.63, 3.8) is 0 Å². The molecule has 0 aliphatic carbocycles. The summed E-state index contributed by atoms with van der Waals surface area (Å²) < 4.78 is 0. The number of hydrogen-bond donors (Lipinski definition) is 1. The first-order chi connectivity index (χ1) is 7.19. The molecule has 0 amide bonds. The molecule has 0 radical (unpaired) electrons. The van der Waals surface area contributed by atoms with Crippen molar-refractivity contribution in [2.24, 2.45) is 0 Å². The lowest BCUT2D eigenvalue weighted by molar-refractivity contribution is 0.709. The molecule has 3 nitrogen and oxygen atoms in total. The van der Waals surface area contributed by atoms with Gasteiger partial charge in [0.05, 0.1) is 10.7 Å². The quantitative estimate of drug-likeness (QED) is 0.837. The maximum atomic E-state index is 6.06. The molecule has 1 aromatic heterocycles. The zero-order chi connectivity index (χ0) is 11.3. The van der Waals surface area contributed by atoms with Crippen molar-refractivity contribution in [3.05, 3.63) is 22.8 Å². The summed E-state index contributed by atoms with van der Waals surface area (Å²) in [6, 6.07) is 3.85. The summed E-state index contributed by atoms with van der Waals surface area (Å²) in [5.41, 5.74) is 0.913. The highest BCUT2D eigenvalue weighted by Crippen LogP contribution is 2.18. The molecule has 0 unspecified atom stereocenters. The van der Waals surface area contributed by atoms with Gasteiger partial charge in [0.25, 0.3) is 0 Å². The summed E-state index contributed by atoms with van der Waals surface area (Å²) in [4.78, 5) is 6.60. The Morgan fingerprint density at radius 1 is 1.40 bits per heavy atom. The van der Waals surface area contributed by atoms with E-state index < -0.39 is 0 Å². The fourth-order valence-electron chi connectivity index (χ4n) is 1.21. The summed E-state index contributed by atoms with van der Waals surface area (Å²) in [7, 11) is 2.02.